The van der Waals surface area contributed by atoms with Crippen LogP contribution in [-0.4, -0.2) is 34.9 Å². The van der Waals surface area contributed by atoms with Crippen LogP contribution in [0, 0.1) is 6.92 Å². The molecule has 1 aromatic heterocycles. The number of aryl methyl sites for hydroxylation is 1. The number of aromatic nitrogens is 1. The number of amides is 1. The normalized spacial score (nSPS) is 10.4. The Hall–Kier alpha value is -1.03. The number of unbranched alkanes of at least 4 members (excludes halogenated alkanes) is 1. The number of hydrogen-bond acceptors (Lipinski definition) is 3. The van der Waals surface area contributed by atoms with E-state index < -0.39 is 0 Å². The summed E-state index contributed by atoms with van der Waals surface area (Å²) in [5.41, 5.74) is 0.360. The average molecular weight is 245 g/mol. The van der Waals surface area contributed by atoms with E-state index in [-0.39, 0.29) is 5.91 Å². The van der Waals surface area contributed by atoms with Gasteiger partial charge in [-0.1, -0.05) is 18.5 Å². The Bertz CT molecular complexity index is 338. The molecule has 0 bridgehead atoms. The SMILES string of the molecule is CCCCN(CCCl)C(=O)c1cc(C)on1. The molecule has 0 spiro atoms. The first-order valence-electron chi connectivity index (χ1n) is 5.47. The smallest absolute Gasteiger partial charge is 0.276 e. The molecule has 0 atom stereocenters. The number of nitrogens with zero attached hydrogens (tertiary/aromatic N) is 2. The van der Waals surface area contributed by atoms with Gasteiger partial charge in [0.2, 0.25) is 0 Å². The highest BCUT2D eigenvalue weighted by atomic mass is 35.5. The molecule has 1 aromatic rings. The summed E-state index contributed by atoms with van der Waals surface area (Å²) in [5, 5.41) is 3.72. The lowest BCUT2D eigenvalue weighted by Gasteiger charge is -2.19. The van der Waals surface area contributed by atoms with E-state index >= 15 is 0 Å². The van der Waals surface area contributed by atoms with E-state index in [1.807, 2.05) is 0 Å². The van der Waals surface area contributed by atoms with Crippen LogP contribution in [0.15, 0.2) is 10.6 Å². The average Bonchev–Trinajstić information content (AvgIpc) is 2.70. The van der Waals surface area contributed by atoms with Gasteiger partial charge in [-0.15, -0.1) is 11.6 Å². The lowest BCUT2D eigenvalue weighted by atomic mass is 10.3. The van der Waals surface area contributed by atoms with Crippen LogP contribution in [0.25, 0.3) is 0 Å². The van der Waals surface area contributed by atoms with E-state index in [1.165, 1.54) is 0 Å². The fourth-order valence-corrected chi connectivity index (χ4v) is 1.60. The molecule has 0 fully saturated rings. The van der Waals surface area contributed by atoms with Gasteiger partial charge in [-0.25, -0.2) is 0 Å². The molecule has 0 saturated carbocycles. The minimum absolute atomic E-state index is 0.106. The van der Waals surface area contributed by atoms with E-state index in [1.54, 1.807) is 17.9 Å². The van der Waals surface area contributed by atoms with Crippen LogP contribution in [0.3, 0.4) is 0 Å². The third-order valence-corrected chi connectivity index (χ3v) is 2.44. The molecule has 90 valence electrons. The van der Waals surface area contributed by atoms with Gasteiger partial charge in [0.05, 0.1) is 0 Å². The number of hydrogen-bond donors (Lipinski definition) is 0. The molecule has 0 aliphatic carbocycles. The van der Waals surface area contributed by atoms with E-state index in [2.05, 4.69) is 12.1 Å². The summed E-state index contributed by atoms with van der Waals surface area (Å²) < 4.78 is 4.89. The standard InChI is InChI=1S/C11H17ClN2O2/c1-3-4-6-14(7-5-12)11(15)10-8-9(2)16-13-10/h8H,3-7H2,1-2H3. The van der Waals surface area contributed by atoms with Gasteiger partial charge in [-0.05, 0) is 13.3 Å². The molecule has 4 nitrogen and oxygen atoms in total. The van der Waals surface area contributed by atoms with E-state index in [0.717, 1.165) is 12.8 Å². The van der Waals surface area contributed by atoms with Crippen LogP contribution in [0.1, 0.15) is 36.0 Å². The predicted octanol–water partition coefficient (Wildman–Crippen LogP) is 2.46. The molecular weight excluding hydrogens is 228 g/mol. The maximum absolute atomic E-state index is 12.0. The van der Waals surface area contributed by atoms with Crippen molar-refractivity contribution >= 4 is 17.5 Å². The van der Waals surface area contributed by atoms with Crippen LogP contribution in [0.4, 0.5) is 0 Å². The van der Waals surface area contributed by atoms with Crippen molar-refractivity contribution < 1.29 is 9.32 Å². The van der Waals surface area contributed by atoms with Gasteiger partial charge in [0.15, 0.2) is 5.69 Å². The van der Waals surface area contributed by atoms with Crippen molar-refractivity contribution in [1.29, 1.82) is 0 Å². The summed E-state index contributed by atoms with van der Waals surface area (Å²) in [7, 11) is 0. The molecular formula is C11H17ClN2O2. The van der Waals surface area contributed by atoms with Gasteiger partial charge in [0.25, 0.3) is 5.91 Å². The Morgan fingerprint density at radius 3 is 2.81 bits per heavy atom. The molecule has 0 aliphatic rings. The molecule has 0 radical (unpaired) electrons. The number of carbonyl (C=O) groups excluding carboxylic acids is 1. The Morgan fingerprint density at radius 2 is 2.31 bits per heavy atom. The van der Waals surface area contributed by atoms with E-state index in [4.69, 9.17) is 16.1 Å². The highest BCUT2D eigenvalue weighted by Crippen LogP contribution is 2.07. The van der Waals surface area contributed by atoms with E-state index in [0.29, 0.717) is 30.4 Å². The van der Waals surface area contributed by atoms with Gasteiger partial charge < -0.3 is 9.42 Å². The molecule has 1 amide bonds. The lowest BCUT2D eigenvalue weighted by molar-refractivity contribution is 0.0753. The second-order valence-corrected chi connectivity index (χ2v) is 4.04. The van der Waals surface area contributed by atoms with Gasteiger partial charge in [0.1, 0.15) is 5.76 Å². The van der Waals surface area contributed by atoms with Gasteiger partial charge >= 0.3 is 0 Å². The summed E-state index contributed by atoms with van der Waals surface area (Å²) >= 11 is 5.67. The van der Waals surface area contributed by atoms with Crippen molar-refractivity contribution in [3.63, 3.8) is 0 Å². The molecule has 0 saturated heterocycles. The van der Waals surface area contributed by atoms with Gasteiger partial charge in [-0.3, -0.25) is 4.79 Å². The zero-order valence-electron chi connectivity index (χ0n) is 9.70. The fourth-order valence-electron chi connectivity index (χ4n) is 1.40. The van der Waals surface area contributed by atoms with Crippen LogP contribution in [0.5, 0.6) is 0 Å². The summed E-state index contributed by atoms with van der Waals surface area (Å²) in [5.74, 6) is 0.974. The van der Waals surface area contributed by atoms with Crippen molar-refractivity contribution in [2.75, 3.05) is 19.0 Å². The number of carbonyl (C=O) groups is 1. The van der Waals surface area contributed by atoms with Crippen LogP contribution in [0.2, 0.25) is 0 Å². The molecule has 0 N–H and O–H groups in total. The van der Waals surface area contributed by atoms with Gasteiger partial charge in [0, 0.05) is 25.0 Å². The second-order valence-electron chi connectivity index (χ2n) is 3.66. The highest BCUT2D eigenvalue weighted by Gasteiger charge is 2.18. The Morgan fingerprint density at radius 1 is 1.56 bits per heavy atom. The minimum atomic E-state index is -0.106. The second kappa shape index (κ2) is 6.53. The number of alkyl halides is 1. The molecule has 0 unspecified atom stereocenters. The summed E-state index contributed by atoms with van der Waals surface area (Å²) in [4.78, 5) is 13.7. The lowest BCUT2D eigenvalue weighted by Crippen LogP contribution is -2.33. The minimum Gasteiger partial charge on any atom is -0.361 e. The maximum Gasteiger partial charge on any atom is 0.276 e. The fraction of sp³-hybridized carbons (Fsp3) is 0.636. The monoisotopic (exact) mass is 244 g/mol. The first-order chi connectivity index (χ1) is 7.69. The van der Waals surface area contributed by atoms with Crippen molar-refractivity contribution in [2.45, 2.75) is 26.7 Å². The third-order valence-electron chi connectivity index (χ3n) is 2.27. The quantitative estimate of drug-likeness (QED) is 0.723. The van der Waals surface area contributed by atoms with Crippen molar-refractivity contribution in [2.24, 2.45) is 0 Å². The summed E-state index contributed by atoms with van der Waals surface area (Å²) in [6, 6.07) is 1.65. The zero-order valence-corrected chi connectivity index (χ0v) is 10.5. The summed E-state index contributed by atoms with van der Waals surface area (Å²) in [6.45, 7) is 5.12. The van der Waals surface area contributed by atoms with Crippen molar-refractivity contribution in [1.82, 2.24) is 10.1 Å². The Kier molecular flexibility index (Phi) is 5.32. The molecule has 0 aromatic carbocycles. The largest absolute Gasteiger partial charge is 0.361 e. The Balaban J connectivity index is 2.66. The predicted molar refractivity (Wildman–Crippen MR) is 62.8 cm³/mol. The molecule has 16 heavy (non-hydrogen) atoms. The van der Waals surface area contributed by atoms with E-state index in [9.17, 15) is 4.79 Å². The molecule has 0 aliphatic heterocycles. The third kappa shape index (κ3) is 3.52. The summed E-state index contributed by atoms with van der Waals surface area (Å²) in [6.07, 6.45) is 2.02. The number of rotatable bonds is 6. The number of halogens is 1. The van der Waals surface area contributed by atoms with Crippen molar-refractivity contribution in [3.8, 4) is 0 Å². The zero-order chi connectivity index (χ0) is 12.0. The van der Waals surface area contributed by atoms with Crippen molar-refractivity contribution in [3.05, 3.63) is 17.5 Å². The molecule has 5 heteroatoms. The van der Waals surface area contributed by atoms with Gasteiger partial charge in [-0.2, -0.15) is 0 Å². The maximum atomic E-state index is 12.0. The van der Waals surface area contributed by atoms with Crippen LogP contribution < -0.4 is 0 Å². The highest BCUT2D eigenvalue weighted by molar-refractivity contribution is 6.18. The molecule has 1 rings (SSSR count). The van der Waals surface area contributed by atoms with Crippen LogP contribution in [-0.2, 0) is 0 Å². The first-order valence-corrected chi connectivity index (χ1v) is 6.01. The topological polar surface area (TPSA) is 46.3 Å². The first kappa shape index (κ1) is 13.0. The Labute approximate surface area is 101 Å². The van der Waals surface area contributed by atoms with Crippen LogP contribution >= 0.6 is 11.6 Å². The molecule has 1 heterocycles.